The molecule has 0 saturated heterocycles. The molecule has 0 bridgehead atoms. The predicted octanol–water partition coefficient (Wildman–Crippen LogP) is 2.71. The van der Waals surface area contributed by atoms with Crippen molar-refractivity contribution < 1.29 is 13.9 Å². The van der Waals surface area contributed by atoms with Gasteiger partial charge in [0.15, 0.2) is 11.6 Å². The van der Waals surface area contributed by atoms with Crippen molar-refractivity contribution in [3.05, 3.63) is 70.8 Å². The fourth-order valence-electron chi connectivity index (χ4n) is 2.70. The van der Waals surface area contributed by atoms with Gasteiger partial charge >= 0.3 is 0 Å². The van der Waals surface area contributed by atoms with Crippen LogP contribution in [-0.4, -0.2) is 11.2 Å². The molecular weight excluding hydrogens is 260 g/mol. The normalized spacial score (nSPS) is 20.9. The molecule has 2 N–H and O–H groups in total. The molecule has 2 nitrogen and oxygen atoms in total. The molecule has 0 fully saturated rings. The minimum atomic E-state index is -0.850. The number of benzene rings is 2. The molecule has 104 valence electrons. The molecule has 20 heavy (non-hydrogen) atoms. The van der Waals surface area contributed by atoms with Gasteiger partial charge in [0.25, 0.3) is 0 Å². The number of aliphatic hydroxyl groups excluding tert-OH is 1. The maximum absolute atomic E-state index is 13.1. The van der Waals surface area contributed by atoms with Crippen molar-refractivity contribution in [1.82, 2.24) is 5.32 Å². The van der Waals surface area contributed by atoms with Crippen LogP contribution in [-0.2, 0) is 13.0 Å². The lowest BCUT2D eigenvalue weighted by Gasteiger charge is -2.18. The second-order valence-corrected chi connectivity index (χ2v) is 5.08. The summed E-state index contributed by atoms with van der Waals surface area (Å²) in [4.78, 5) is 0. The first kappa shape index (κ1) is 13.2. The van der Waals surface area contributed by atoms with E-state index in [-0.39, 0.29) is 6.04 Å². The van der Waals surface area contributed by atoms with E-state index in [1.165, 1.54) is 6.07 Å². The van der Waals surface area contributed by atoms with Crippen molar-refractivity contribution in [2.75, 3.05) is 0 Å². The molecule has 0 spiro atoms. The maximum Gasteiger partial charge on any atom is 0.159 e. The summed E-state index contributed by atoms with van der Waals surface area (Å²) in [5.41, 5.74) is 2.85. The Morgan fingerprint density at radius 3 is 2.70 bits per heavy atom. The SMILES string of the molecule is O[C@H]1Cc2ccccc2[C@H]1NCc1ccc(F)c(F)c1. The van der Waals surface area contributed by atoms with Gasteiger partial charge in [-0.1, -0.05) is 30.3 Å². The lowest BCUT2D eigenvalue weighted by molar-refractivity contribution is 0.140. The molecule has 0 aliphatic heterocycles. The van der Waals surface area contributed by atoms with Gasteiger partial charge in [-0.3, -0.25) is 0 Å². The van der Waals surface area contributed by atoms with Crippen molar-refractivity contribution in [2.24, 2.45) is 0 Å². The average molecular weight is 275 g/mol. The molecule has 1 aliphatic rings. The van der Waals surface area contributed by atoms with Crippen LogP contribution in [0.4, 0.5) is 8.78 Å². The Hall–Kier alpha value is -1.78. The van der Waals surface area contributed by atoms with Crippen LogP contribution in [0.3, 0.4) is 0 Å². The zero-order valence-electron chi connectivity index (χ0n) is 10.8. The summed E-state index contributed by atoms with van der Waals surface area (Å²) in [6.07, 6.45) is 0.128. The summed E-state index contributed by atoms with van der Waals surface area (Å²) in [6.45, 7) is 0.382. The number of hydrogen-bond donors (Lipinski definition) is 2. The quantitative estimate of drug-likeness (QED) is 0.902. The number of nitrogens with one attached hydrogen (secondary N) is 1. The van der Waals surface area contributed by atoms with Crippen LogP contribution >= 0.6 is 0 Å². The topological polar surface area (TPSA) is 32.3 Å². The van der Waals surface area contributed by atoms with Gasteiger partial charge in [0, 0.05) is 13.0 Å². The fraction of sp³-hybridized carbons (Fsp3) is 0.250. The predicted molar refractivity (Wildman–Crippen MR) is 72.1 cm³/mol. The van der Waals surface area contributed by atoms with Crippen LogP contribution in [0.1, 0.15) is 22.7 Å². The highest BCUT2D eigenvalue weighted by molar-refractivity contribution is 5.36. The zero-order chi connectivity index (χ0) is 14.1. The van der Waals surface area contributed by atoms with Crippen LogP contribution < -0.4 is 5.32 Å². The highest BCUT2D eigenvalue weighted by Crippen LogP contribution is 2.31. The lowest BCUT2D eigenvalue weighted by atomic mass is 10.1. The molecule has 2 atom stereocenters. The van der Waals surface area contributed by atoms with Crippen LogP contribution in [0.15, 0.2) is 42.5 Å². The highest BCUT2D eigenvalue weighted by atomic mass is 19.2. The van der Waals surface area contributed by atoms with Crippen LogP contribution in [0.2, 0.25) is 0 Å². The molecule has 0 aromatic heterocycles. The Kier molecular flexibility index (Phi) is 3.51. The van der Waals surface area contributed by atoms with Gasteiger partial charge in [0.1, 0.15) is 0 Å². The molecular formula is C16H15F2NO. The minimum absolute atomic E-state index is 0.167. The third-order valence-electron chi connectivity index (χ3n) is 3.71. The van der Waals surface area contributed by atoms with Crippen LogP contribution in [0, 0.1) is 11.6 Å². The molecule has 2 aromatic carbocycles. The summed E-state index contributed by atoms with van der Waals surface area (Å²) >= 11 is 0. The Labute approximate surface area is 116 Å². The van der Waals surface area contributed by atoms with Crippen molar-refractivity contribution in [3.63, 3.8) is 0 Å². The van der Waals surface area contributed by atoms with E-state index in [0.29, 0.717) is 18.5 Å². The van der Waals surface area contributed by atoms with E-state index in [1.807, 2.05) is 24.3 Å². The standard InChI is InChI=1S/C16H15F2NO/c17-13-6-5-10(7-14(13)18)9-19-16-12-4-2-1-3-11(12)8-15(16)20/h1-7,15-16,19-20H,8-9H2/t15-,16+/m0/s1. The largest absolute Gasteiger partial charge is 0.391 e. The van der Waals surface area contributed by atoms with Crippen molar-refractivity contribution >= 4 is 0 Å². The van der Waals surface area contributed by atoms with E-state index in [2.05, 4.69) is 5.32 Å². The van der Waals surface area contributed by atoms with Gasteiger partial charge in [0.2, 0.25) is 0 Å². The van der Waals surface area contributed by atoms with E-state index in [9.17, 15) is 13.9 Å². The third kappa shape index (κ3) is 2.44. The first-order valence-electron chi connectivity index (χ1n) is 6.58. The van der Waals surface area contributed by atoms with Crippen molar-refractivity contribution in [2.45, 2.75) is 25.1 Å². The molecule has 0 radical (unpaired) electrons. The summed E-state index contributed by atoms with van der Waals surface area (Å²) in [5.74, 6) is -1.70. The number of aliphatic hydroxyl groups is 1. The van der Waals surface area contributed by atoms with Gasteiger partial charge in [0.05, 0.1) is 12.1 Å². The molecule has 0 amide bonds. The second-order valence-electron chi connectivity index (χ2n) is 5.08. The molecule has 3 rings (SSSR count). The molecule has 0 unspecified atom stereocenters. The smallest absolute Gasteiger partial charge is 0.159 e. The zero-order valence-corrected chi connectivity index (χ0v) is 10.8. The third-order valence-corrected chi connectivity index (χ3v) is 3.71. The molecule has 2 aromatic rings. The van der Waals surface area contributed by atoms with E-state index >= 15 is 0 Å². The molecule has 4 heteroatoms. The fourth-order valence-corrected chi connectivity index (χ4v) is 2.70. The van der Waals surface area contributed by atoms with Crippen LogP contribution in [0.5, 0.6) is 0 Å². The summed E-state index contributed by atoms with van der Waals surface area (Å²) in [6, 6.07) is 11.5. The first-order chi connectivity index (χ1) is 9.65. The summed E-state index contributed by atoms with van der Waals surface area (Å²) in [5, 5.41) is 13.3. The van der Waals surface area contributed by atoms with Gasteiger partial charge in [-0.25, -0.2) is 8.78 Å². The van der Waals surface area contributed by atoms with Crippen molar-refractivity contribution in [3.8, 4) is 0 Å². The van der Waals surface area contributed by atoms with Gasteiger partial charge in [-0.2, -0.15) is 0 Å². The summed E-state index contributed by atoms with van der Waals surface area (Å²) in [7, 11) is 0. The number of fused-ring (bicyclic) bond motifs is 1. The van der Waals surface area contributed by atoms with Gasteiger partial charge < -0.3 is 10.4 Å². The van der Waals surface area contributed by atoms with E-state index in [0.717, 1.165) is 17.2 Å². The Morgan fingerprint density at radius 1 is 1.10 bits per heavy atom. The molecule has 0 heterocycles. The highest BCUT2D eigenvalue weighted by Gasteiger charge is 2.30. The Bertz CT molecular complexity index is 630. The monoisotopic (exact) mass is 275 g/mol. The summed E-state index contributed by atoms with van der Waals surface area (Å²) < 4.78 is 26.0. The minimum Gasteiger partial charge on any atom is -0.391 e. The Morgan fingerprint density at radius 2 is 1.90 bits per heavy atom. The number of halogens is 2. The van der Waals surface area contributed by atoms with Gasteiger partial charge in [-0.15, -0.1) is 0 Å². The molecule has 1 aliphatic carbocycles. The first-order valence-corrected chi connectivity index (χ1v) is 6.58. The van der Waals surface area contributed by atoms with Crippen molar-refractivity contribution in [1.29, 1.82) is 0 Å². The number of hydrogen-bond acceptors (Lipinski definition) is 2. The molecule has 0 saturated carbocycles. The van der Waals surface area contributed by atoms with Crippen LogP contribution in [0.25, 0.3) is 0 Å². The second kappa shape index (κ2) is 5.31. The van der Waals surface area contributed by atoms with Gasteiger partial charge in [-0.05, 0) is 28.8 Å². The lowest BCUT2D eigenvalue weighted by Crippen LogP contribution is -2.28. The average Bonchev–Trinajstić information content (AvgIpc) is 2.76. The van der Waals surface area contributed by atoms with E-state index in [4.69, 9.17) is 0 Å². The maximum atomic E-state index is 13.1. The number of rotatable bonds is 3. The Balaban J connectivity index is 1.74. The van der Waals surface area contributed by atoms with E-state index < -0.39 is 17.7 Å². The van der Waals surface area contributed by atoms with E-state index in [1.54, 1.807) is 6.07 Å².